The van der Waals surface area contributed by atoms with E-state index in [-0.39, 0.29) is 27.9 Å². The molecule has 10 nitrogen and oxygen atoms in total. The Bertz CT molecular complexity index is 1180. The summed E-state index contributed by atoms with van der Waals surface area (Å²) in [5.74, 6) is -3.76. The quantitative estimate of drug-likeness (QED) is 0.549. The number of nitrogens with one attached hydrogen (secondary N) is 1. The molecule has 5 amide bonds. The third-order valence-electron chi connectivity index (χ3n) is 5.27. The lowest BCUT2D eigenvalue weighted by Gasteiger charge is -2.20. The van der Waals surface area contributed by atoms with Crippen LogP contribution >= 0.6 is 0 Å². The van der Waals surface area contributed by atoms with Gasteiger partial charge in [-0.3, -0.25) is 33.8 Å². The third-order valence-corrected chi connectivity index (χ3v) is 5.27. The van der Waals surface area contributed by atoms with Crippen LogP contribution in [0.25, 0.3) is 0 Å². The molecule has 2 heterocycles. The Labute approximate surface area is 181 Å². The lowest BCUT2D eigenvalue weighted by atomic mass is 10.1. The molecule has 0 spiro atoms. The third kappa shape index (κ3) is 3.31. The molecule has 2 aromatic carbocycles. The van der Waals surface area contributed by atoms with E-state index in [1.54, 1.807) is 12.1 Å². The highest BCUT2D eigenvalue weighted by Gasteiger charge is 2.41. The molecule has 1 N–H and O–H groups in total. The summed E-state index contributed by atoms with van der Waals surface area (Å²) in [6.45, 7) is 0.664. The maximum absolute atomic E-state index is 12.5. The standard InChI is InChI=1S/C22H17N3O7/c1-11(25-20(29)13-5-3-4-6-14(13)21(25)30)22(31)32-10-17(26)23-12-7-8-15-16(9-12)19(28)24(2)18(15)27/h3-9,11H,10H2,1-2H3,(H,23,26). The fourth-order valence-electron chi connectivity index (χ4n) is 3.56. The molecule has 0 aliphatic carbocycles. The Morgan fingerprint density at radius 2 is 1.44 bits per heavy atom. The number of benzene rings is 2. The zero-order valence-electron chi connectivity index (χ0n) is 17.1. The predicted molar refractivity (Wildman–Crippen MR) is 109 cm³/mol. The number of fused-ring (bicyclic) bond motifs is 2. The minimum absolute atomic E-state index is 0.159. The normalized spacial score (nSPS) is 15.6. The van der Waals surface area contributed by atoms with Crippen molar-refractivity contribution >= 4 is 41.2 Å². The Morgan fingerprint density at radius 3 is 2.06 bits per heavy atom. The molecular formula is C22H17N3O7. The van der Waals surface area contributed by atoms with E-state index in [1.165, 1.54) is 44.3 Å². The summed E-state index contributed by atoms with van der Waals surface area (Å²) in [4.78, 5) is 75.2. The van der Waals surface area contributed by atoms with Gasteiger partial charge in [-0.15, -0.1) is 0 Å². The first-order valence-corrected chi connectivity index (χ1v) is 9.60. The number of amides is 5. The highest BCUT2D eigenvalue weighted by Crippen LogP contribution is 2.26. The number of carbonyl (C=O) groups is 6. The molecular weight excluding hydrogens is 418 g/mol. The maximum Gasteiger partial charge on any atom is 0.329 e. The number of hydrogen-bond acceptors (Lipinski definition) is 7. The summed E-state index contributed by atoms with van der Waals surface area (Å²) in [6, 6.07) is 9.22. The van der Waals surface area contributed by atoms with Gasteiger partial charge in [0.25, 0.3) is 29.5 Å². The van der Waals surface area contributed by atoms with E-state index in [2.05, 4.69) is 5.32 Å². The Balaban J connectivity index is 1.36. The van der Waals surface area contributed by atoms with Crippen molar-refractivity contribution in [3.63, 3.8) is 0 Å². The van der Waals surface area contributed by atoms with E-state index in [0.29, 0.717) is 0 Å². The first kappa shape index (κ1) is 20.9. The van der Waals surface area contributed by atoms with Gasteiger partial charge in [-0.05, 0) is 37.3 Å². The van der Waals surface area contributed by atoms with Crippen LogP contribution in [0.15, 0.2) is 42.5 Å². The highest BCUT2D eigenvalue weighted by atomic mass is 16.5. The van der Waals surface area contributed by atoms with E-state index in [0.717, 1.165) is 9.80 Å². The number of anilines is 1. The van der Waals surface area contributed by atoms with Crippen LogP contribution in [-0.4, -0.2) is 65.0 Å². The summed E-state index contributed by atoms with van der Waals surface area (Å²) in [6.07, 6.45) is 0. The number of rotatable bonds is 5. The van der Waals surface area contributed by atoms with E-state index in [9.17, 15) is 28.8 Å². The molecule has 4 rings (SSSR count). The van der Waals surface area contributed by atoms with Crippen molar-refractivity contribution in [3.8, 4) is 0 Å². The summed E-state index contributed by atoms with van der Waals surface area (Å²) in [7, 11) is 1.36. The van der Waals surface area contributed by atoms with E-state index < -0.39 is 48.2 Å². The van der Waals surface area contributed by atoms with Crippen LogP contribution in [0.4, 0.5) is 5.69 Å². The van der Waals surface area contributed by atoms with Crippen molar-refractivity contribution in [3.05, 3.63) is 64.7 Å². The summed E-state index contributed by atoms with van der Waals surface area (Å²) < 4.78 is 4.97. The van der Waals surface area contributed by atoms with Gasteiger partial charge >= 0.3 is 5.97 Å². The lowest BCUT2D eigenvalue weighted by molar-refractivity contribution is -0.150. The van der Waals surface area contributed by atoms with Crippen LogP contribution in [0.5, 0.6) is 0 Å². The number of ether oxygens (including phenoxy) is 1. The second kappa shape index (κ2) is 7.73. The van der Waals surface area contributed by atoms with Crippen molar-refractivity contribution in [1.82, 2.24) is 9.80 Å². The number of nitrogens with zero attached hydrogens (tertiary/aromatic N) is 2. The van der Waals surface area contributed by atoms with Crippen LogP contribution in [0.2, 0.25) is 0 Å². The average molecular weight is 435 g/mol. The molecule has 2 aliphatic heterocycles. The van der Waals surface area contributed by atoms with Crippen molar-refractivity contribution in [2.75, 3.05) is 19.0 Å². The molecule has 0 bridgehead atoms. The van der Waals surface area contributed by atoms with E-state index in [1.807, 2.05) is 0 Å². The molecule has 0 saturated heterocycles. The van der Waals surface area contributed by atoms with Gasteiger partial charge in [-0.2, -0.15) is 0 Å². The van der Waals surface area contributed by atoms with Gasteiger partial charge in [0.2, 0.25) is 0 Å². The zero-order chi connectivity index (χ0) is 23.2. The predicted octanol–water partition coefficient (Wildman–Crippen LogP) is 1.08. The Hall–Kier alpha value is -4.34. The fraction of sp³-hybridized carbons (Fsp3) is 0.182. The first-order valence-electron chi connectivity index (χ1n) is 9.60. The largest absolute Gasteiger partial charge is 0.454 e. The lowest BCUT2D eigenvalue weighted by Crippen LogP contribution is -2.44. The van der Waals surface area contributed by atoms with Gasteiger partial charge in [0.1, 0.15) is 6.04 Å². The molecule has 1 unspecified atom stereocenters. The van der Waals surface area contributed by atoms with Gasteiger partial charge in [0.15, 0.2) is 6.61 Å². The second-order valence-electron chi connectivity index (χ2n) is 7.29. The average Bonchev–Trinajstić information content (AvgIpc) is 3.17. The number of hydrogen-bond donors (Lipinski definition) is 1. The molecule has 0 saturated carbocycles. The van der Waals surface area contributed by atoms with Gasteiger partial charge in [-0.1, -0.05) is 12.1 Å². The van der Waals surface area contributed by atoms with Gasteiger partial charge in [-0.25, -0.2) is 4.79 Å². The smallest absolute Gasteiger partial charge is 0.329 e. The second-order valence-corrected chi connectivity index (χ2v) is 7.29. The number of carbonyl (C=O) groups excluding carboxylic acids is 6. The summed E-state index contributed by atoms with van der Waals surface area (Å²) in [5.41, 5.74) is 1.04. The van der Waals surface area contributed by atoms with Crippen molar-refractivity contribution < 1.29 is 33.5 Å². The molecule has 0 radical (unpaired) electrons. The molecule has 32 heavy (non-hydrogen) atoms. The van der Waals surface area contributed by atoms with Crippen molar-refractivity contribution in [2.45, 2.75) is 13.0 Å². The monoisotopic (exact) mass is 435 g/mol. The van der Waals surface area contributed by atoms with Gasteiger partial charge in [0, 0.05) is 12.7 Å². The molecule has 2 aliphatic rings. The maximum atomic E-state index is 12.5. The molecule has 2 aromatic rings. The first-order chi connectivity index (χ1) is 15.2. The molecule has 1 atom stereocenters. The van der Waals surface area contributed by atoms with Gasteiger partial charge < -0.3 is 10.1 Å². The van der Waals surface area contributed by atoms with Crippen molar-refractivity contribution in [1.29, 1.82) is 0 Å². The van der Waals surface area contributed by atoms with Gasteiger partial charge in [0.05, 0.1) is 22.3 Å². The Kier molecular flexibility index (Phi) is 5.05. The Morgan fingerprint density at radius 1 is 0.875 bits per heavy atom. The number of imide groups is 2. The molecule has 0 fully saturated rings. The van der Waals surface area contributed by atoms with Crippen LogP contribution in [0.3, 0.4) is 0 Å². The van der Waals surface area contributed by atoms with E-state index >= 15 is 0 Å². The topological polar surface area (TPSA) is 130 Å². The van der Waals surface area contributed by atoms with Crippen LogP contribution in [0, 0.1) is 0 Å². The zero-order valence-corrected chi connectivity index (χ0v) is 17.1. The summed E-state index contributed by atoms with van der Waals surface area (Å²) in [5, 5.41) is 2.47. The summed E-state index contributed by atoms with van der Waals surface area (Å²) >= 11 is 0. The highest BCUT2D eigenvalue weighted by molar-refractivity contribution is 6.23. The van der Waals surface area contributed by atoms with Crippen LogP contribution in [-0.2, 0) is 14.3 Å². The molecule has 0 aromatic heterocycles. The number of esters is 1. The molecule has 162 valence electrons. The molecule has 10 heteroatoms. The van der Waals surface area contributed by atoms with Crippen molar-refractivity contribution in [2.24, 2.45) is 0 Å². The van der Waals surface area contributed by atoms with Crippen LogP contribution in [0.1, 0.15) is 48.4 Å². The SMILES string of the molecule is CC(C(=O)OCC(=O)Nc1ccc2c(c1)C(=O)N(C)C2=O)N1C(=O)c2ccccc2C1=O. The minimum atomic E-state index is -1.23. The fourth-order valence-corrected chi connectivity index (χ4v) is 3.56. The minimum Gasteiger partial charge on any atom is -0.454 e. The van der Waals surface area contributed by atoms with E-state index in [4.69, 9.17) is 4.74 Å². The van der Waals surface area contributed by atoms with Crippen LogP contribution < -0.4 is 5.32 Å².